The highest BCUT2D eigenvalue weighted by atomic mass is 79.9. The van der Waals surface area contributed by atoms with E-state index in [1.165, 1.54) is 11.1 Å². The molecule has 4 rings (SSSR count). The molecule has 140 valence electrons. The highest BCUT2D eigenvalue weighted by Crippen LogP contribution is 2.29. The molecular weight excluding hydrogens is 408 g/mol. The van der Waals surface area contributed by atoms with Crippen LogP contribution < -0.4 is 10.6 Å². The van der Waals surface area contributed by atoms with E-state index < -0.39 is 0 Å². The van der Waals surface area contributed by atoms with Gasteiger partial charge in [0, 0.05) is 37.7 Å². The first kappa shape index (κ1) is 18.0. The van der Waals surface area contributed by atoms with Gasteiger partial charge in [0.25, 0.3) is 5.91 Å². The molecule has 0 saturated carbocycles. The lowest BCUT2D eigenvalue weighted by Gasteiger charge is -2.20. The fourth-order valence-electron chi connectivity index (χ4n) is 3.55. The standard InChI is InChI=1S/C20H21BrN4O2/c1-12-3-5-13(6-4-12)15-8-22-10-17(15)24-20(26)18-7-14(11-27-18)19-16(21)9-23-25(19)2/h3-7,9,11,15,17,22H,8,10H2,1-2H3,(H,24,26)/t15-,17+/m1/s1. The molecule has 27 heavy (non-hydrogen) atoms. The fraction of sp³-hybridized carbons (Fsp3) is 0.300. The Morgan fingerprint density at radius 2 is 2.11 bits per heavy atom. The third kappa shape index (κ3) is 3.57. The number of nitrogens with one attached hydrogen (secondary N) is 2. The van der Waals surface area contributed by atoms with Gasteiger partial charge in [0.15, 0.2) is 5.76 Å². The van der Waals surface area contributed by atoms with E-state index in [1.54, 1.807) is 23.2 Å². The minimum atomic E-state index is -0.203. The Balaban J connectivity index is 1.50. The van der Waals surface area contributed by atoms with Crippen LogP contribution in [0.4, 0.5) is 0 Å². The summed E-state index contributed by atoms with van der Waals surface area (Å²) in [5.41, 5.74) is 4.15. The number of rotatable bonds is 4. The zero-order chi connectivity index (χ0) is 19.0. The van der Waals surface area contributed by atoms with Crippen LogP contribution in [0.15, 0.2) is 51.7 Å². The van der Waals surface area contributed by atoms with Crippen LogP contribution in [0.3, 0.4) is 0 Å². The van der Waals surface area contributed by atoms with E-state index in [0.717, 1.165) is 28.8 Å². The smallest absolute Gasteiger partial charge is 0.287 e. The Bertz CT molecular complexity index is 941. The van der Waals surface area contributed by atoms with E-state index in [1.807, 2.05) is 7.05 Å². The normalized spacial score (nSPS) is 19.4. The highest BCUT2D eigenvalue weighted by molar-refractivity contribution is 9.10. The van der Waals surface area contributed by atoms with Crippen molar-refractivity contribution < 1.29 is 9.21 Å². The number of halogens is 1. The van der Waals surface area contributed by atoms with Crippen molar-refractivity contribution in [2.24, 2.45) is 7.05 Å². The first-order chi connectivity index (χ1) is 13.0. The van der Waals surface area contributed by atoms with E-state index in [2.05, 4.69) is 62.9 Å². The number of furan rings is 1. The van der Waals surface area contributed by atoms with Crippen LogP contribution in [0.1, 0.15) is 27.6 Å². The lowest BCUT2D eigenvalue weighted by molar-refractivity contribution is 0.0909. The maximum atomic E-state index is 12.7. The van der Waals surface area contributed by atoms with Gasteiger partial charge in [0.1, 0.15) is 6.26 Å². The summed E-state index contributed by atoms with van der Waals surface area (Å²) in [6.45, 7) is 3.66. The van der Waals surface area contributed by atoms with Gasteiger partial charge in [0.2, 0.25) is 0 Å². The average Bonchev–Trinajstić information content (AvgIpc) is 3.37. The molecule has 1 amide bonds. The molecule has 0 aliphatic carbocycles. The molecule has 0 radical (unpaired) electrons. The summed E-state index contributed by atoms with van der Waals surface area (Å²) in [6, 6.07) is 10.3. The van der Waals surface area contributed by atoms with Gasteiger partial charge in [-0.15, -0.1) is 0 Å². The predicted octanol–water partition coefficient (Wildman–Crippen LogP) is 3.24. The SMILES string of the molecule is Cc1ccc([C@H]2CNC[C@@H]2NC(=O)c2cc(-c3c(Br)cnn3C)co2)cc1. The van der Waals surface area contributed by atoms with Gasteiger partial charge in [-0.25, -0.2) is 0 Å². The Morgan fingerprint density at radius 1 is 1.33 bits per heavy atom. The minimum absolute atomic E-state index is 0.0252. The highest BCUT2D eigenvalue weighted by Gasteiger charge is 2.30. The van der Waals surface area contributed by atoms with Gasteiger partial charge in [-0.05, 0) is 34.5 Å². The van der Waals surface area contributed by atoms with Crippen LogP contribution in [-0.4, -0.2) is 34.8 Å². The molecule has 2 atom stereocenters. The van der Waals surface area contributed by atoms with Crippen molar-refractivity contribution in [3.8, 4) is 11.3 Å². The van der Waals surface area contributed by atoms with Crippen molar-refractivity contribution in [2.75, 3.05) is 13.1 Å². The number of carbonyl (C=O) groups is 1. The predicted molar refractivity (Wildman–Crippen MR) is 107 cm³/mol. The van der Waals surface area contributed by atoms with Crippen LogP contribution in [0, 0.1) is 6.92 Å². The molecular formula is C20H21BrN4O2. The molecule has 2 N–H and O–H groups in total. The summed E-state index contributed by atoms with van der Waals surface area (Å²) in [5.74, 6) is 0.341. The number of aromatic nitrogens is 2. The second-order valence-corrected chi connectivity index (χ2v) is 7.77. The van der Waals surface area contributed by atoms with E-state index in [9.17, 15) is 4.79 Å². The van der Waals surface area contributed by atoms with Gasteiger partial charge in [-0.3, -0.25) is 9.48 Å². The maximum absolute atomic E-state index is 12.7. The van der Waals surface area contributed by atoms with Crippen LogP contribution in [0.5, 0.6) is 0 Å². The van der Waals surface area contributed by atoms with Gasteiger partial charge >= 0.3 is 0 Å². The zero-order valence-electron chi connectivity index (χ0n) is 15.2. The number of nitrogens with zero attached hydrogens (tertiary/aromatic N) is 2. The third-order valence-electron chi connectivity index (χ3n) is 5.03. The van der Waals surface area contributed by atoms with Crippen molar-refractivity contribution in [2.45, 2.75) is 18.9 Å². The molecule has 1 aromatic carbocycles. The van der Waals surface area contributed by atoms with E-state index in [4.69, 9.17) is 4.42 Å². The zero-order valence-corrected chi connectivity index (χ0v) is 16.8. The summed E-state index contributed by atoms with van der Waals surface area (Å²) < 4.78 is 8.13. The average molecular weight is 429 g/mol. The number of hydrogen-bond acceptors (Lipinski definition) is 4. The Morgan fingerprint density at radius 3 is 2.81 bits per heavy atom. The summed E-state index contributed by atoms with van der Waals surface area (Å²) in [7, 11) is 1.85. The van der Waals surface area contributed by atoms with Gasteiger partial charge < -0.3 is 15.1 Å². The number of carbonyl (C=O) groups excluding carboxylic acids is 1. The van der Waals surface area contributed by atoms with Crippen molar-refractivity contribution in [3.63, 3.8) is 0 Å². The molecule has 1 saturated heterocycles. The maximum Gasteiger partial charge on any atom is 0.287 e. The Kier molecular flexibility index (Phi) is 4.88. The molecule has 0 bridgehead atoms. The number of amides is 1. The first-order valence-electron chi connectivity index (χ1n) is 8.87. The second-order valence-electron chi connectivity index (χ2n) is 6.92. The topological polar surface area (TPSA) is 72.1 Å². The summed E-state index contributed by atoms with van der Waals surface area (Å²) >= 11 is 3.48. The molecule has 0 unspecified atom stereocenters. The molecule has 6 nitrogen and oxygen atoms in total. The van der Waals surface area contributed by atoms with E-state index in [-0.39, 0.29) is 17.9 Å². The first-order valence-corrected chi connectivity index (χ1v) is 9.67. The molecule has 1 fully saturated rings. The van der Waals surface area contributed by atoms with Gasteiger partial charge in [0.05, 0.1) is 16.4 Å². The largest absolute Gasteiger partial charge is 0.458 e. The summed E-state index contributed by atoms with van der Waals surface area (Å²) in [4.78, 5) is 12.7. The molecule has 2 aromatic heterocycles. The van der Waals surface area contributed by atoms with E-state index in [0.29, 0.717) is 5.76 Å². The molecule has 3 heterocycles. The molecule has 7 heteroatoms. The van der Waals surface area contributed by atoms with Crippen LogP contribution in [-0.2, 0) is 7.05 Å². The number of aryl methyl sites for hydroxylation is 2. The molecule has 3 aromatic rings. The van der Waals surface area contributed by atoms with Crippen molar-refractivity contribution in [1.82, 2.24) is 20.4 Å². The summed E-state index contributed by atoms with van der Waals surface area (Å²) in [5, 5.41) is 10.7. The quantitative estimate of drug-likeness (QED) is 0.668. The molecule has 1 aliphatic heterocycles. The van der Waals surface area contributed by atoms with Crippen LogP contribution in [0.25, 0.3) is 11.3 Å². The Hall–Kier alpha value is -2.38. The lowest BCUT2D eigenvalue weighted by atomic mass is 9.93. The van der Waals surface area contributed by atoms with Crippen molar-refractivity contribution >= 4 is 21.8 Å². The third-order valence-corrected chi connectivity index (χ3v) is 5.61. The number of benzene rings is 1. The van der Waals surface area contributed by atoms with Gasteiger partial charge in [-0.2, -0.15) is 5.10 Å². The molecule has 1 aliphatic rings. The fourth-order valence-corrected chi connectivity index (χ4v) is 4.13. The van der Waals surface area contributed by atoms with E-state index >= 15 is 0 Å². The number of hydrogen-bond donors (Lipinski definition) is 2. The van der Waals surface area contributed by atoms with Gasteiger partial charge in [-0.1, -0.05) is 29.8 Å². The minimum Gasteiger partial charge on any atom is -0.458 e. The molecule has 0 spiro atoms. The van der Waals surface area contributed by atoms with Crippen molar-refractivity contribution in [3.05, 3.63) is 64.2 Å². The second kappa shape index (κ2) is 7.32. The lowest BCUT2D eigenvalue weighted by Crippen LogP contribution is -2.39. The monoisotopic (exact) mass is 428 g/mol. The van der Waals surface area contributed by atoms with Crippen molar-refractivity contribution in [1.29, 1.82) is 0 Å². The Labute approximate surface area is 166 Å². The summed E-state index contributed by atoms with van der Waals surface area (Å²) in [6.07, 6.45) is 3.31. The van der Waals surface area contributed by atoms with Crippen LogP contribution >= 0.6 is 15.9 Å². The van der Waals surface area contributed by atoms with Crippen LogP contribution in [0.2, 0.25) is 0 Å².